The van der Waals surface area contributed by atoms with Crippen molar-refractivity contribution in [2.45, 2.75) is 25.4 Å². The monoisotopic (exact) mass is 258 g/mol. The Hall–Kier alpha value is -0.0300. The molecule has 1 heterocycles. The second-order valence-electron chi connectivity index (χ2n) is 4.08. The van der Waals surface area contributed by atoms with Gasteiger partial charge in [-0.05, 0) is 31.2 Å². The molecular formula is C12H22N2S2. The minimum absolute atomic E-state index is 0.154. The molecule has 0 radical (unpaired) electrons. The molecule has 2 atom stereocenters. The van der Waals surface area contributed by atoms with Gasteiger partial charge in [0, 0.05) is 23.2 Å². The third-order valence-corrected chi connectivity index (χ3v) is 4.57. The molecule has 0 bridgehead atoms. The van der Waals surface area contributed by atoms with Gasteiger partial charge in [-0.25, -0.2) is 0 Å². The van der Waals surface area contributed by atoms with E-state index >= 15 is 0 Å². The van der Waals surface area contributed by atoms with Crippen LogP contribution in [-0.4, -0.2) is 36.5 Å². The Morgan fingerprint density at radius 2 is 2.31 bits per heavy atom. The number of nitrogens with two attached hydrogens (primary N) is 1. The van der Waals surface area contributed by atoms with Crippen molar-refractivity contribution in [2.24, 2.45) is 5.73 Å². The summed E-state index contributed by atoms with van der Waals surface area (Å²) < 4.78 is 0. The zero-order valence-corrected chi connectivity index (χ0v) is 12.0. The molecule has 0 aliphatic rings. The highest BCUT2D eigenvalue weighted by Crippen LogP contribution is 2.19. The molecule has 2 unspecified atom stereocenters. The van der Waals surface area contributed by atoms with Crippen LogP contribution in [0, 0.1) is 0 Å². The van der Waals surface area contributed by atoms with Crippen molar-refractivity contribution in [2.75, 3.05) is 25.6 Å². The van der Waals surface area contributed by atoms with Crippen LogP contribution in [-0.2, 0) is 0 Å². The minimum atomic E-state index is 0.154. The maximum Gasteiger partial charge on any atom is 0.0519 e. The molecule has 0 aliphatic carbocycles. The molecule has 0 fully saturated rings. The Morgan fingerprint density at radius 3 is 2.81 bits per heavy atom. The summed E-state index contributed by atoms with van der Waals surface area (Å²) in [5, 5.41) is 2.09. The lowest BCUT2D eigenvalue weighted by molar-refractivity contribution is 0.242. The van der Waals surface area contributed by atoms with Crippen molar-refractivity contribution in [1.29, 1.82) is 0 Å². The smallest absolute Gasteiger partial charge is 0.0519 e. The predicted molar refractivity (Wildman–Crippen MR) is 76.3 cm³/mol. The average molecular weight is 258 g/mol. The van der Waals surface area contributed by atoms with Gasteiger partial charge >= 0.3 is 0 Å². The molecule has 2 nitrogen and oxygen atoms in total. The molecule has 2 N–H and O–H groups in total. The van der Waals surface area contributed by atoms with E-state index in [0.717, 1.165) is 6.54 Å². The lowest BCUT2D eigenvalue weighted by Gasteiger charge is -2.28. The highest BCUT2D eigenvalue weighted by Gasteiger charge is 2.16. The molecule has 0 saturated carbocycles. The first kappa shape index (κ1) is 14.0. The Bertz CT molecular complexity index is 275. The van der Waals surface area contributed by atoms with Crippen LogP contribution in [0.5, 0.6) is 0 Å². The van der Waals surface area contributed by atoms with Gasteiger partial charge < -0.3 is 10.6 Å². The average Bonchev–Trinajstić information content (AvgIpc) is 2.78. The van der Waals surface area contributed by atoms with Gasteiger partial charge in [0.05, 0.1) is 6.04 Å². The van der Waals surface area contributed by atoms with E-state index in [0.29, 0.717) is 6.04 Å². The van der Waals surface area contributed by atoms with Crippen LogP contribution < -0.4 is 5.73 Å². The fourth-order valence-corrected chi connectivity index (χ4v) is 3.40. The Kier molecular flexibility index (Phi) is 6.43. The molecule has 92 valence electrons. The maximum absolute atomic E-state index is 6.19. The number of hydrogen-bond acceptors (Lipinski definition) is 4. The molecular weight excluding hydrogens is 236 g/mol. The molecule has 4 heteroatoms. The lowest BCUT2D eigenvalue weighted by Crippen LogP contribution is -2.38. The summed E-state index contributed by atoms with van der Waals surface area (Å²) in [5.41, 5.74) is 6.19. The molecule has 1 aromatic rings. The molecule has 0 saturated heterocycles. The second kappa shape index (κ2) is 7.33. The fraction of sp³-hybridized carbons (Fsp3) is 0.667. The largest absolute Gasteiger partial charge is 0.322 e. The number of hydrogen-bond donors (Lipinski definition) is 1. The van der Waals surface area contributed by atoms with E-state index in [9.17, 15) is 0 Å². The van der Waals surface area contributed by atoms with Crippen molar-refractivity contribution in [3.63, 3.8) is 0 Å². The van der Waals surface area contributed by atoms with E-state index in [1.54, 1.807) is 11.3 Å². The zero-order chi connectivity index (χ0) is 12.0. The summed E-state index contributed by atoms with van der Waals surface area (Å²) >= 11 is 3.66. The van der Waals surface area contributed by atoms with Crippen LogP contribution in [0.25, 0.3) is 0 Å². The lowest BCUT2D eigenvalue weighted by atomic mass is 10.2. The Labute approximate surface area is 107 Å². The van der Waals surface area contributed by atoms with Crippen LogP contribution >= 0.6 is 23.1 Å². The third-order valence-electron chi connectivity index (χ3n) is 2.85. The number of thiophene rings is 1. The van der Waals surface area contributed by atoms with E-state index in [4.69, 9.17) is 5.73 Å². The number of likely N-dealkylation sites (N-methyl/N-ethyl adjacent to an activating group) is 1. The van der Waals surface area contributed by atoms with Gasteiger partial charge in [0.25, 0.3) is 0 Å². The van der Waals surface area contributed by atoms with Gasteiger partial charge in [-0.15, -0.1) is 11.3 Å². The minimum Gasteiger partial charge on any atom is -0.322 e. The highest BCUT2D eigenvalue weighted by atomic mass is 32.2. The number of thioether (sulfide) groups is 1. The summed E-state index contributed by atoms with van der Waals surface area (Å²) in [4.78, 5) is 3.67. The molecule has 16 heavy (non-hydrogen) atoms. The summed E-state index contributed by atoms with van der Waals surface area (Å²) in [6, 6.07) is 4.99. The first-order valence-corrected chi connectivity index (χ1v) is 7.94. The van der Waals surface area contributed by atoms with Gasteiger partial charge in [0.15, 0.2) is 0 Å². The van der Waals surface area contributed by atoms with Crippen LogP contribution in [0.3, 0.4) is 0 Å². The quantitative estimate of drug-likeness (QED) is 0.815. The Morgan fingerprint density at radius 1 is 1.56 bits per heavy atom. The van der Waals surface area contributed by atoms with Crippen molar-refractivity contribution in [3.8, 4) is 0 Å². The van der Waals surface area contributed by atoms with Crippen LogP contribution in [0.4, 0.5) is 0 Å². The van der Waals surface area contributed by atoms with Crippen molar-refractivity contribution in [1.82, 2.24) is 4.90 Å². The summed E-state index contributed by atoms with van der Waals surface area (Å²) in [7, 11) is 2.18. The van der Waals surface area contributed by atoms with Gasteiger partial charge in [-0.2, -0.15) is 11.8 Å². The van der Waals surface area contributed by atoms with E-state index in [2.05, 4.69) is 42.6 Å². The fourth-order valence-electron chi connectivity index (χ4n) is 1.80. The predicted octanol–water partition coefficient (Wildman–Crippen LogP) is 2.82. The summed E-state index contributed by atoms with van der Waals surface area (Å²) in [6.45, 7) is 3.19. The molecule has 0 spiro atoms. The third kappa shape index (κ3) is 4.09. The van der Waals surface area contributed by atoms with Crippen molar-refractivity contribution < 1.29 is 0 Å². The SMILES string of the molecule is CCC(CSC)N(C)CC(N)c1cccs1. The number of rotatable bonds is 7. The second-order valence-corrected chi connectivity index (χ2v) is 5.97. The molecule has 1 aromatic heterocycles. The number of nitrogens with zero attached hydrogens (tertiary/aromatic N) is 1. The van der Waals surface area contributed by atoms with Crippen LogP contribution in [0.15, 0.2) is 17.5 Å². The Balaban J connectivity index is 2.46. The van der Waals surface area contributed by atoms with E-state index < -0.39 is 0 Å². The van der Waals surface area contributed by atoms with Crippen molar-refractivity contribution in [3.05, 3.63) is 22.4 Å². The summed E-state index contributed by atoms with van der Waals surface area (Å²) in [5.74, 6) is 1.18. The van der Waals surface area contributed by atoms with Gasteiger partial charge in [0.1, 0.15) is 0 Å². The first-order valence-electron chi connectivity index (χ1n) is 5.67. The normalized spacial score (nSPS) is 15.3. The van der Waals surface area contributed by atoms with Crippen LogP contribution in [0.2, 0.25) is 0 Å². The topological polar surface area (TPSA) is 29.3 Å². The maximum atomic E-state index is 6.19. The van der Waals surface area contributed by atoms with Gasteiger partial charge in [-0.1, -0.05) is 13.0 Å². The zero-order valence-electron chi connectivity index (χ0n) is 10.3. The molecule has 0 aromatic carbocycles. The van der Waals surface area contributed by atoms with E-state index in [-0.39, 0.29) is 6.04 Å². The van der Waals surface area contributed by atoms with E-state index in [1.807, 2.05) is 11.8 Å². The van der Waals surface area contributed by atoms with Crippen LogP contribution in [0.1, 0.15) is 24.3 Å². The summed E-state index contributed by atoms with van der Waals surface area (Å²) in [6.07, 6.45) is 3.35. The molecule has 0 aliphatic heterocycles. The molecule has 1 rings (SSSR count). The van der Waals surface area contributed by atoms with Gasteiger partial charge in [-0.3, -0.25) is 0 Å². The van der Waals surface area contributed by atoms with Crippen molar-refractivity contribution >= 4 is 23.1 Å². The standard InChI is InChI=1S/C12H22N2S2/c1-4-10(9-15-3)14(2)8-11(13)12-6-5-7-16-12/h5-7,10-11H,4,8-9,13H2,1-3H3. The molecule has 0 amide bonds. The van der Waals surface area contributed by atoms with Gasteiger partial charge in [0.2, 0.25) is 0 Å². The highest BCUT2D eigenvalue weighted by molar-refractivity contribution is 7.98. The van der Waals surface area contributed by atoms with E-state index in [1.165, 1.54) is 17.1 Å². The first-order chi connectivity index (χ1) is 7.69.